The molecule has 1 rings (SSSR count). The molecule has 35 heavy (non-hydrogen) atoms. The fourth-order valence-corrected chi connectivity index (χ4v) is 4.17. The minimum absolute atomic E-state index is 0.0435. The second kappa shape index (κ2) is 24.0. The zero-order chi connectivity index (χ0) is 25.3. The molecule has 11 heteroatoms. The van der Waals surface area contributed by atoms with Crippen molar-refractivity contribution in [1.82, 2.24) is 0 Å². The van der Waals surface area contributed by atoms with Crippen LogP contribution in [0.25, 0.3) is 0 Å². The Bertz CT molecular complexity index is 677. The van der Waals surface area contributed by atoms with Crippen LogP contribution in [-0.2, 0) is 42.7 Å². The van der Waals surface area contributed by atoms with Gasteiger partial charge in [0.15, 0.2) is 0 Å². The number of unbranched alkanes of at least 4 members (excludes halogenated alkanes) is 3. The highest BCUT2D eigenvalue weighted by molar-refractivity contribution is 14.1. The number of halogens is 1. The van der Waals surface area contributed by atoms with Gasteiger partial charge in [-0.05, 0) is 29.4 Å². The van der Waals surface area contributed by atoms with Gasteiger partial charge < -0.3 is 28.4 Å². The molecule has 0 atom stereocenters. The van der Waals surface area contributed by atoms with Crippen LogP contribution < -0.4 is 0 Å². The largest absolute Gasteiger partial charge is 0.379 e. The highest BCUT2D eigenvalue weighted by atomic mass is 127. The molecule has 1 aromatic carbocycles. The van der Waals surface area contributed by atoms with E-state index in [1.807, 2.05) is 0 Å². The Labute approximate surface area is 224 Å². The van der Waals surface area contributed by atoms with Gasteiger partial charge in [-0.1, -0.05) is 53.6 Å². The molecule has 0 saturated carbocycles. The van der Waals surface area contributed by atoms with E-state index >= 15 is 0 Å². The molecule has 0 aliphatic carbocycles. The molecule has 0 aliphatic rings. The first kappa shape index (κ1) is 32.6. The quantitative estimate of drug-likeness (QED) is 0.0658. The summed E-state index contributed by atoms with van der Waals surface area (Å²) < 4.78 is 62.6. The molecule has 0 fully saturated rings. The van der Waals surface area contributed by atoms with Crippen molar-refractivity contribution in [2.45, 2.75) is 30.6 Å². The summed E-state index contributed by atoms with van der Waals surface area (Å²) in [6.07, 6.45) is 4.94. The summed E-state index contributed by atoms with van der Waals surface area (Å²) in [5, 5.41) is 0. The second-order valence-corrected chi connectivity index (χ2v) is 10.1. The third-order valence-electron chi connectivity index (χ3n) is 4.53. The zero-order valence-corrected chi connectivity index (χ0v) is 23.5. The maximum Gasteiger partial charge on any atom is 0.297 e. The van der Waals surface area contributed by atoms with Crippen LogP contribution in [0.3, 0.4) is 0 Å². The lowest BCUT2D eigenvalue weighted by atomic mass is 10.2. The van der Waals surface area contributed by atoms with E-state index in [-0.39, 0.29) is 18.1 Å². The summed E-state index contributed by atoms with van der Waals surface area (Å²) in [7, 11) is -3.74. The van der Waals surface area contributed by atoms with Gasteiger partial charge in [-0.3, -0.25) is 4.18 Å². The highest BCUT2D eigenvalue weighted by Crippen LogP contribution is 2.10. The smallest absolute Gasteiger partial charge is 0.297 e. The number of alkyl halides is 1. The Morgan fingerprint density at radius 1 is 0.514 bits per heavy atom. The number of ether oxygens (including phenoxy) is 6. The molecule has 0 N–H and O–H groups in total. The molecule has 0 bridgehead atoms. The van der Waals surface area contributed by atoms with Gasteiger partial charge in [0.05, 0.1) is 84.2 Å². The average Bonchev–Trinajstić information content (AvgIpc) is 2.87. The van der Waals surface area contributed by atoms with Crippen molar-refractivity contribution in [3.8, 4) is 0 Å². The van der Waals surface area contributed by atoms with Gasteiger partial charge >= 0.3 is 0 Å². The molecule has 0 aliphatic heterocycles. The van der Waals surface area contributed by atoms with E-state index in [1.165, 1.54) is 35.8 Å². The van der Waals surface area contributed by atoms with Gasteiger partial charge in [0.25, 0.3) is 10.1 Å². The number of benzene rings is 1. The lowest BCUT2D eigenvalue weighted by Crippen LogP contribution is -2.15. The summed E-state index contributed by atoms with van der Waals surface area (Å²) >= 11 is 2.41. The van der Waals surface area contributed by atoms with Gasteiger partial charge in [-0.2, -0.15) is 8.42 Å². The maximum atomic E-state index is 11.9. The normalized spacial score (nSPS) is 11.8. The van der Waals surface area contributed by atoms with Crippen LogP contribution in [-0.4, -0.2) is 98.7 Å². The van der Waals surface area contributed by atoms with Crippen LogP contribution in [0, 0.1) is 0 Å². The first-order valence-corrected chi connectivity index (χ1v) is 15.1. The van der Waals surface area contributed by atoms with Crippen LogP contribution in [0.1, 0.15) is 25.7 Å². The van der Waals surface area contributed by atoms with Crippen molar-refractivity contribution in [2.75, 3.05) is 90.3 Å². The van der Waals surface area contributed by atoms with E-state index in [0.29, 0.717) is 66.1 Å². The van der Waals surface area contributed by atoms with Crippen LogP contribution in [0.2, 0.25) is 0 Å². The standard InChI is InChI=1S/C24H41IO9S/c25-10-6-1-2-7-11-28-12-13-29-14-15-30-16-17-31-18-19-32-20-21-33-22-23-34-35(26,27)24-8-4-3-5-9-24/h3-5,8-9H,1-2,6-7,10-23H2. The van der Waals surface area contributed by atoms with Crippen molar-refractivity contribution in [1.29, 1.82) is 0 Å². The molecule has 0 radical (unpaired) electrons. The van der Waals surface area contributed by atoms with Gasteiger partial charge in [-0.15, -0.1) is 0 Å². The number of hydrogen-bond donors (Lipinski definition) is 0. The summed E-state index contributed by atoms with van der Waals surface area (Å²) in [6.45, 7) is 5.89. The van der Waals surface area contributed by atoms with Crippen molar-refractivity contribution >= 4 is 32.7 Å². The topological polar surface area (TPSA) is 98.8 Å². The van der Waals surface area contributed by atoms with E-state index in [1.54, 1.807) is 18.2 Å². The lowest BCUT2D eigenvalue weighted by molar-refractivity contribution is -0.0178. The highest BCUT2D eigenvalue weighted by Gasteiger charge is 2.13. The molecule has 1 aromatic rings. The van der Waals surface area contributed by atoms with E-state index < -0.39 is 10.1 Å². The molecule has 0 amide bonds. The Morgan fingerprint density at radius 3 is 1.37 bits per heavy atom. The van der Waals surface area contributed by atoms with Crippen molar-refractivity contribution in [2.24, 2.45) is 0 Å². The van der Waals surface area contributed by atoms with Crippen LogP contribution >= 0.6 is 22.6 Å². The molecule has 0 unspecified atom stereocenters. The van der Waals surface area contributed by atoms with Crippen LogP contribution in [0.15, 0.2) is 35.2 Å². The summed E-state index contributed by atoms with van der Waals surface area (Å²) in [5.74, 6) is 0. The number of rotatable bonds is 26. The van der Waals surface area contributed by atoms with Gasteiger partial charge in [0.1, 0.15) is 0 Å². The Balaban J connectivity index is 1.73. The third kappa shape index (κ3) is 20.4. The molecule has 0 saturated heterocycles. The van der Waals surface area contributed by atoms with E-state index in [2.05, 4.69) is 22.6 Å². The predicted octanol–water partition coefficient (Wildman–Crippen LogP) is 3.49. The molecule has 9 nitrogen and oxygen atoms in total. The first-order valence-electron chi connectivity index (χ1n) is 12.1. The van der Waals surface area contributed by atoms with Crippen molar-refractivity contribution < 1.29 is 41.0 Å². The molecule has 0 heterocycles. The van der Waals surface area contributed by atoms with Crippen LogP contribution in [0.5, 0.6) is 0 Å². The molecular formula is C24H41IO9S. The second-order valence-electron chi connectivity index (χ2n) is 7.37. The van der Waals surface area contributed by atoms with Crippen molar-refractivity contribution in [3.05, 3.63) is 30.3 Å². The fraction of sp³-hybridized carbons (Fsp3) is 0.750. The Hall–Kier alpha value is -0.380. The fourth-order valence-electron chi connectivity index (χ4n) is 2.71. The molecule has 0 aromatic heterocycles. The van der Waals surface area contributed by atoms with E-state index in [4.69, 9.17) is 32.6 Å². The third-order valence-corrected chi connectivity index (χ3v) is 6.62. The van der Waals surface area contributed by atoms with Crippen molar-refractivity contribution in [3.63, 3.8) is 0 Å². The zero-order valence-electron chi connectivity index (χ0n) is 20.6. The Kier molecular flexibility index (Phi) is 22.4. The SMILES string of the molecule is O=S(=O)(OCCOCCOCCOCCOCCOCCOCCCCCCI)c1ccccc1. The Morgan fingerprint density at radius 2 is 0.914 bits per heavy atom. The lowest BCUT2D eigenvalue weighted by Gasteiger charge is -2.08. The van der Waals surface area contributed by atoms with Gasteiger partial charge in [-0.25, -0.2) is 0 Å². The number of hydrogen-bond acceptors (Lipinski definition) is 9. The molecule has 204 valence electrons. The minimum atomic E-state index is -3.74. The molecule has 0 spiro atoms. The minimum Gasteiger partial charge on any atom is -0.379 e. The first-order chi connectivity index (χ1) is 17.2. The molecular weight excluding hydrogens is 591 g/mol. The average molecular weight is 633 g/mol. The summed E-state index contributed by atoms with van der Waals surface area (Å²) in [6, 6.07) is 8.01. The summed E-state index contributed by atoms with van der Waals surface area (Å²) in [5.41, 5.74) is 0. The maximum absolute atomic E-state index is 11.9. The van der Waals surface area contributed by atoms with Gasteiger partial charge in [0.2, 0.25) is 0 Å². The predicted molar refractivity (Wildman–Crippen MR) is 142 cm³/mol. The van der Waals surface area contributed by atoms with Crippen LogP contribution in [0.4, 0.5) is 0 Å². The van der Waals surface area contributed by atoms with E-state index in [9.17, 15) is 8.42 Å². The summed E-state index contributed by atoms with van der Waals surface area (Å²) in [4.78, 5) is 0.131. The monoisotopic (exact) mass is 632 g/mol. The van der Waals surface area contributed by atoms with Gasteiger partial charge in [0, 0.05) is 6.61 Å². The van der Waals surface area contributed by atoms with E-state index in [0.717, 1.165) is 13.0 Å².